The first-order chi connectivity index (χ1) is 13.4. The Hall–Kier alpha value is -3.68. The van der Waals surface area contributed by atoms with Crippen molar-refractivity contribution in [3.05, 3.63) is 64.6 Å². The van der Waals surface area contributed by atoms with Crippen molar-refractivity contribution in [2.45, 2.75) is 13.0 Å². The Kier molecular flexibility index (Phi) is 5.39. The van der Waals surface area contributed by atoms with Gasteiger partial charge >= 0.3 is 5.97 Å². The maximum Gasteiger partial charge on any atom is 0.360 e. The number of carbonyl (C=O) groups excluding carboxylic acids is 2. The Bertz CT molecular complexity index is 1110. The first kappa shape index (κ1) is 19.1. The minimum absolute atomic E-state index is 0.0327. The summed E-state index contributed by atoms with van der Waals surface area (Å²) in [6.45, 7) is 1.45. The molecule has 0 spiro atoms. The predicted molar refractivity (Wildman–Crippen MR) is 103 cm³/mol. The van der Waals surface area contributed by atoms with E-state index in [0.29, 0.717) is 22.2 Å². The lowest BCUT2D eigenvalue weighted by Crippen LogP contribution is -2.31. The number of ether oxygens (including phenoxy) is 2. The first-order valence-corrected chi connectivity index (χ1v) is 8.53. The monoisotopic (exact) mass is 381 g/mol. The highest BCUT2D eigenvalue weighted by molar-refractivity contribution is 6.03. The quantitative estimate of drug-likeness (QED) is 0.680. The molecule has 8 heteroatoms. The van der Waals surface area contributed by atoms with Gasteiger partial charge in [0.25, 0.3) is 11.5 Å². The van der Waals surface area contributed by atoms with E-state index in [9.17, 15) is 14.4 Å². The Morgan fingerprint density at radius 2 is 1.71 bits per heavy atom. The van der Waals surface area contributed by atoms with Gasteiger partial charge in [-0.15, -0.1) is 0 Å². The Balaban J connectivity index is 1.81. The van der Waals surface area contributed by atoms with Crippen LogP contribution in [-0.4, -0.2) is 34.9 Å². The molecule has 3 rings (SSSR count). The van der Waals surface area contributed by atoms with Crippen LogP contribution in [0.15, 0.2) is 53.3 Å². The molecule has 0 fully saturated rings. The van der Waals surface area contributed by atoms with Gasteiger partial charge in [-0.25, -0.2) is 9.48 Å². The van der Waals surface area contributed by atoms with Gasteiger partial charge < -0.3 is 14.8 Å². The fraction of sp³-hybridized carbons (Fsp3) is 0.200. The average molecular weight is 381 g/mol. The van der Waals surface area contributed by atoms with Gasteiger partial charge in [0.05, 0.1) is 18.2 Å². The lowest BCUT2D eigenvalue weighted by Gasteiger charge is -2.15. The van der Waals surface area contributed by atoms with Crippen molar-refractivity contribution in [3.8, 4) is 5.75 Å². The van der Waals surface area contributed by atoms with E-state index in [4.69, 9.17) is 9.47 Å². The Morgan fingerprint density at radius 1 is 1.07 bits per heavy atom. The van der Waals surface area contributed by atoms with E-state index in [2.05, 4.69) is 10.4 Å². The van der Waals surface area contributed by atoms with Crippen LogP contribution >= 0.6 is 0 Å². The van der Waals surface area contributed by atoms with Gasteiger partial charge in [-0.1, -0.05) is 30.3 Å². The lowest BCUT2D eigenvalue weighted by molar-refractivity contribution is -0.123. The molecule has 2 aromatic carbocycles. The highest BCUT2D eigenvalue weighted by Gasteiger charge is 2.23. The van der Waals surface area contributed by atoms with Crippen molar-refractivity contribution in [3.63, 3.8) is 0 Å². The molecule has 0 radical (unpaired) electrons. The minimum Gasteiger partial charge on any atom is -0.495 e. The Morgan fingerprint density at radius 3 is 2.43 bits per heavy atom. The summed E-state index contributed by atoms with van der Waals surface area (Å²) in [5.74, 6) is -0.832. The molecule has 3 aromatic rings. The highest BCUT2D eigenvalue weighted by atomic mass is 16.5. The van der Waals surface area contributed by atoms with Crippen LogP contribution in [0.5, 0.6) is 5.75 Å². The minimum atomic E-state index is -1.09. The van der Waals surface area contributed by atoms with Crippen LogP contribution < -0.4 is 15.6 Å². The number of anilines is 1. The number of aromatic nitrogens is 2. The lowest BCUT2D eigenvalue weighted by atomic mass is 10.1. The molecule has 0 aliphatic rings. The third-order valence-corrected chi connectivity index (χ3v) is 4.17. The van der Waals surface area contributed by atoms with E-state index in [0.717, 1.165) is 4.68 Å². The summed E-state index contributed by atoms with van der Waals surface area (Å²) in [6.07, 6.45) is -1.09. The molecule has 1 N–H and O–H groups in total. The summed E-state index contributed by atoms with van der Waals surface area (Å²) >= 11 is 0. The molecule has 8 nitrogen and oxygen atoms in total. The number of rotatable bonds is 5. The molecule has 0 aliphatic carbocycles. The number of esters is 1. The summed E-state index contributed by atoms with van der Waals surface area (Å²) in [5.41, 5.74) is 0.104. The molecule has 1 amide bonds. The summed E-state index contributed by atoms with van der Waals surface area (Å²) in [5, 5.41) is 7.38. The molecular weight excluding hydrogens is 362 g/mol. The van der Waals surface area contributed by atoms with Crippen molar-refractivity contribution in [1.82, 2.24) is 9.78 Å². The molecule has 28 heavy (non-hydrogen) atoms. The van der Waals surface area contributed by atoms with Gasteiger partial charge in [0.2, 0.25) is 0 Å². The van der Waals surface area contributed by atoms with Crippen LogP contribution in [0.2, 0.25) is 0 Å². The van der Waals surface area contributed by atoms with E-state index in [1.807, 2.05) is 0 Å². The number of nitrogens with zero attached hydrogens (tertiary/aromatic N) is 2. The number of aryl methyl sites for hydroxylation is 1. The molecule has 1 heterocycles. The largest absolute Gasteiger partial charge is 0.495 e. The summed E-state index contributed by atoms with van der Waals surface area (Å²) in [4.78, 5) is 37.2. The first-order valence-electron chi connectivity index (χ1n) is 8.53. The smallest absolute Gasteiger partial charge is 0.360 e. The average Bonchev–Trinajstić information content (AvgIpc) is 2.71. The van der Waals surface area contributed by atoms with Crippen LogP contribution in [0, 0.1) is 0 Å². The zero-order chi connectivity index (χ0) is 20.3. The second-order valence-electron chi connectivity index (χ2n) is 6.06. The second-order valence-corrected chi connectivity index (χ2v) is 6.06. The number of nitrogens with one attached hydrogen (secondary N) is 1. The van der Waals surface area contributed by atoms with Gasteiger partial charge in [-0.3, -0.25) is 9.59 Å². The Labute approximate surface area is 160 Å². The summed E-state index contributed by atoms with van der Waals surface area (Å²) in [6, 6.07) is 13.5. The summed E-state index contributed by atoms with van der Waals surface area (Å²) in [7, 11) is 2.94. The summed E-state index contributed by atoms with van der Waals surface area (Å²) < 4.78 is 11.5. The van der Waals surface area contributed by atoms with Crippen molar-refractivity contribution in [1.29, 1.82) is 0 Å². The second kappa shape index (κ2) is 7.91. The van der Waals surface area contributed by atoms with E-state index in [-0.39, 0.29) is 11.3 Å². The van der Waals surface area contributed by atoms with Crippen LogP contribution in [-0.2, 0) is 16.6 Å². The van der Waals surface area contributed by atoms with Crippen LogP contribution in [0.1, 0.15) is 17.4 Å². The zero-order valence-electron chi connectivity index (χ0n) is 15.6. The number of benzene rings is 2. The number of amides is 1. The molecular formula is C20H19N3O5. The predicted octanol–water partition coefficient (Wildman–Crippen LogP) is 2.13. The van der Waals surface area contributed by atoms with Gasteiger partial charge in [0, 0.05) is 12.4 Å². The SMILES string of the molecule is COc1ccccc1NC(=O)C(C)OC(=O)c1nn(C)c(=O)c2ccccc12. The van der Waals surface area contributed by atoms with Gasteiger partial charge in [-0.2, -0.15) is 5.10 Å². The van der Waals surface area contributed by atoms with Gasteiger partial charge in [0.1, 0.15) is 5.75 Å². The van der Waals surface area contributed by atoms with Gasteiger partial charge in [-0.05, 0) is 25.1 Å². The van der Waals surface area contributed by atoms with E-state index in [1.165, 1.54) is 21.1 Å². The fourth-order valence-electron chi connectivity index (χ4n) is 2.70. The maximum absolute atomic E-state index is 12.6. The third kappa shape index (κ3) is 3.71. The van der Waals surface area contributed by atoms with E-state index < -0.39 is 18.0 Å². The standard InChI is InChI=1S/C20H19N3O5/c1-12(18(24)21-15-10-6-7-11-16(15)27-3)28-20(26)17-13-8-4-5-9-14(13)19(25)23(2)22-17/h4-12H,1-3H3,(H,21,24). The number of carbonyl (C=O) groups is 2. The molecule has 0 saturated carbocycles. The maximum atomic E-state index is 12.6. The van der Waals surface area contributed by atoms with Crippen molar-refractivity contribution in [2.24, 2.45) is 7.05 Å². The third-order valence-electron chi connectivity index (χ3n) is 4.17. The highest BCUT2D eigenvalue weighted by Crippen LogP contribution is 2.23. The topological polar surface area (TPSA) is 99.5 Å². The number of hydrogen-bond acceptors (Lipinski definition) is 6. The van der Waals surface area contributed by atoms with Crippen molar-refractivity contribution in [2.75, 3.05) is 12.4 Å². The fourth-order valence-corrected chi connectivity index (χ4v) is 2.70. The van der Waals surface area contributed by atoms with E-state index >= 15 is 0 Å². The van der Waals surface area contributed by atoms with Crippen LogP contribution in [0.4, 0.5) is 5.69 Å². The number of para-hydroxylation sites is 2. The zero-order valence-corrected chi connectivity index (χ0v) is 15.6. The van der Waals surface area contributed by atoms with E-state index in [1.54, 1.807) is 48.5 Å². The molecule has 1 unspecified atom stereocenters. The van der Waals surface area contributed by atoms with Gasteiger partial charge in [0.15, 0.2) is 11.8 Å². The van der Waals surface area contributed by atoms with Crippen molar-refractivity contribution >= 4 is 28.3 Å². The number of methoxy groups -OCH3 is 1. The molecule has 144 valence electrons. The van der Waals surface area contributed by atoms with Crippen molar-refractivity contribution < 1.29 is 19.1 Å². The molecule has 0 saturated heterocycles. The van der Waals surface area contributed by atoms with Crippen LogP contribution in [0.3, 0.4) is 0 Å². The normalized spacial score (nSPS) is 11.7. The molecule has 0 aliphatic heterocycles. The number of fused-ring (bicyclic) bond motifs is 1. The molecule has 1 aromatic heterocycles. The molecule has 1 atom stereocenters. The molecule has 0 bridgehead atoms. The van der Waals surface area contributed by atoms with Crippen LogP contribution in [0.25, 0.3) is 10.8 Å². The number of hydrogen-bond donors (Lipinski definition) is 1.